The van der Waals surface area contributed by atoms with Gasteiger partial charge >= 0.3 is 0 Å². The molecule has 0 fully saturated rings. The molecule has 0 bridgehead atoms. The number of fused-ring (bicyclic) bond motifs is 6. The normalized spacial score (nSPS) is 12.0. The molecule has 0 N–H and O–H groups in total. The van der Waals surface area contributed by atoms with E-state index in [2.05, 4.69) is 28.8 Å². The molecule has 0 spiro atoms. The van der Waals surface area contributed by atoms with Crippen molar-refractivity contribution in [3.63, 3.8) is 0 Å². The second kappa shape index (κ2) is 8.07. The number of hydrogen-bond acceptors (Lipinski definition) is 3. The van der Waals surface area contributed by atoms with Crippen molar-refractivity contribution >= 4 is 53.6 Å². The SMILES string of the molecule is Cc1ccc(S(=O)(=O)n2c3ccccc3c3cc(-n4c5ccccc5c5cc(C#N)ccc54)ccc32)cc1. The van der Waals surface area contributed by atoms with E-state index in [9.17, 15) is 13.7 Å². The Morgan fingerprint density at radius 2 is 1.21 bits per heavy atom. The lowest BCUT2D eigenvalue weighted by Gasteiger charge is -2.11. The first-order chi connectivity index (χ1) is 18.5. The van der Waals surface area contributed by atoms with E-state index in [1.54, 1.807) is 12.1 Å². The Hall–Kier alpha value is -4.86. The third-order valence-corrected chi connectivity index (χ3v) is 8.97. The van der Waals surface area contributed by atoms with Crippen LogP contribution in [0, 0.1) is 18.3 Å². The third kappa shape index (κ3) is 3.13. The molecule has 7 rings (SSSR count). The van der Waals surface area contributed by atoms with Gasteiger partial charge in [-0.2, -0.15) is 5.26 Å². The molecule has 0 saturated heterocycles. The Labute approximate surface area is 219 Å². The Balaban J connectivity index is 1.54. The highest BCUT2D eigenvalue weighted by Crippen LogP contribution is 2.37. The van der Waals surface area contributed by atoms with E-state index in [4.69, 9.17) is 0 Å². The summed E-state index contributed by atoms with van der Waals surface area (Å²) < 4.78 is 31.4. The van der Waals surface area contributed by atoms with Crippen LogP contribution in [0.1, 0.15) is 11.1 Å². The van der Waals surface area contributed by atoms with Gasteiger partial charge in [-0.25, -0.2) is 12.4 Å². The van der Waals surface area contributed by atoms with E-state index in [1.165, 1.54) is 3.97 Å². The van der Waals surface area contributed by atoms with Crippen LogP contribution in [0.2, 0.25) is 0 Å². The van der Waals surface area contributed by atoms with Gasteiger partial charge in [-0.15, -0.1) is 0 Å². The predicted molar refractivity (Wildman–Crippen MR) is 152 cm³/mol. The highest BCUT2D eigenvalue weighted by molar-refractivity contribution is 7.90. The summed E-state index contributed by atoms with van der Waals surface area (Å²) in [4.78, 5) is 0.255. The third-order valence-electron chi connectivity index (χ3n) is 7.23. The lowest BCUT2D eigenvalue weighted by molar-refractivity contribution is 0.590. The molecule has 38 heavy (non-hydrogen) atoms. The maximum atomic E-state index is 13.9. The van der Waals surface area contributed by atoms with E-state index in [0.29, 0.717) is 16.6 Å². The summed E-state index contributed by atoms with van der Waals surface area (Å²) in [7, 11) is -3.83. The van der Waals surface area contributed by atoms with Crippen molar-refractivity contribution in [2.45, 2.75) is 11.8 Å². The molecular weight excluding hydrogens is 490 g/mol. The van der Waals surface area contributed by atoms with Gasteiger partial charge in [0.25, 0.3) is 10.0 Å². The molecule has 0 amide bonds. The molecule has 5 aromatic carbocycles. The van der Waals surface area contributed by atoms with Crippen LogP contribution in [-0.4, -0.2) is 17.0 Å². The Bertz CT molecular complexity index is 2210. The standard InChI is InChI=1S/C32H21N3O2S/c1-21-10-14-24(15-11-21)38(36,37)35-31-9-5-3-7-26(31)28-19-23(13-17-32(28)35)34-29-8-4-2-6-25(29)27-18-22(20-33)12-16-30(27)34/h2-19H,1H3. The van der Waals surface area contributed by atoms with E-state index in [-0.39, 0.29) is 4.90 Å². The van der Waals surface area contributed by atoms with Crippen molar-refractivity contribution in [3.05, 3.63) is 120 Å². The van der Waals surface area contributed by atoms with Crippen molar-refractivity contribution in [1.29, 1.82) is 5.26 Å². The van der Waals surface area contributed by atoms with Crippen LogP contribution in [0.3, 0.4) is 0 Å². The zero-order valence-corrected chi connectivity index (χ0v) is 21.3. The molecule has 5 nitrogen and oxygen atoms in total. The molecule has 6 heteroatoms. The summed E-state index contributed by atoms with van der Waals surface area (Å²) in [5, 5.41) is 13.3. The molecule has 2 heterocycles. The quantitative estimate of drug-likeness (QED) is 0.250. The lowest BCUT2D eigenvalue weighted by atomic mass is 10.1. The highest BCUT2D eigenvalue weighted by Gasteiger charge is 2.24. The number of benzene rings is 5. The van der Waals surface area contributed by atoms with Crippen LogP contribution in [0.5, 0.6) is 0 Å². The molecule has 7 aromatic rings. The fourth-order valence-corrected chi connectivity index (χ4v) is 6.99. The first-order valence-electron chi connectivity index (χ1n) is 12.3. The van der Waals surface area contributed by atoms with Gasteiger partial charge in [0.05, 0.1) is 38.6 Å². The summed E-state index contributed by atoms with van der Waals surface area (Å²) in [6.07, 6.45) is 0. The minimum atomic E-state index is -3.83. The molecule has 0 atom stereocenters. The maximum absolute atomic E-state index is 13.9. The smallest absolute Gasteiger partial charge is 0.268 e. The van der Waals surface area contributed by atoms with Crippen LogP contribution < -0.4 is 0 Å². The van der Waals surface area contributed by atoms with Gasteiger partial charge in [-0.1, -0.05) is 54.1 Å². The number of aromatic nitrogens is 2. The molecule has 0 radical (unpaired) electrons. The minimum absolute atomic E-state index is 0.255. The first-order valence-corrected chi connectivity index (χ1v) is 13.7. The number of rotatable bonds is 3. The van der Waals surface area contributed by atoms with E-state index >= 15 is 0 Å². The molecule has 0 unspecified atom stereocenters. The van der Waals surface area contributed by atoms with Crippen LogP contribution in [0.25, 0.3) is 49.3 Å². The summed E-state index contributed by atoms with van der Waals surface area (Å²) in [6.45, 7) is 1.94. The van der Waals surface area contributed by atoms with Crippen molar-refractivity contribution < 1.29 is 8.42 Å². The number of nitrogens with zero attached hydrogens (tertiary/aromatic N) is 3. The summed E-state index contributed by atoms with van der Waals surface area (Å²) in [5.74, 6) is 0. The maximum Gasteiger partial charge on any atom is 0.268 e. The first kappa shape index (κ1) is 22.3. The van der Waals surface area contributed by atoms with Crippen LogP contribution in [0.4, 0.5) is 0 Å². The minimum Gasteiger partial charge on any atom is -0.309 e. The second-order valence-corrected chi connectivity index (χ2v) is 11.3. The zero-order chi connectivity index (χ0) is 26.0. The zero-order valence-electron chi connectivity index (χ0n) is 20.5. The number of nitriles is 1. The monoisotopic (exact) mass is 511 g/mol. The largest absolute Gasteiger partial charge is 0.309 e. The van der Waals surface area contributed by atoms with Crippen molar-refractivity contribution in [2.75, 3.05) is 0 Å². The summed E-state index contributed by atoms with van der Waals surface area (Å²) in [6, 6.07) is 36.6. The Morgan fingerprint density at radius 3 is 1.95 bits per heavy atom. The predicted octanol–water partition coefficient (Wildman–Crippen LogP) is 7.31. The van der Waals surface area contributed by atoms with Gasteiger partial charge in [-0.3, -0.25) is 0 Å². The molecule has 0 saturated carbocycles. The fourth-order valence-electron chi connectivity index (χ4n) is 5.46. The summed E-state index contributed by atoms with van der Waals surface area (Å²) >= 11 is 0. The molecule has 182 valence electrons. The number of aryl methyl sites for hydroxylation is 1. The van der Waals surface area contributed by atoms with Gasteiger partial charge in [0.2, 0.25) is 0 Å². The van der Waals surface area contributed by atoms with Crippen LogP contribution in [0.15, 0.2) is 114 Å². The second-order valence-electron chi connectivity index (χ2n) is 9.50. The van der Waals surface area contributed by atoms with Gasteiger partial charge in [0, 0.05) is 27.2 Å². The van der Waals surface area contributed by atoms with Gasteiger partial charge < -0.3 is 4.57 Å². The number of para-hydroxylation sites is 2. The number of hydrogen-bond donors (Lipinski definition) is 0. The Kier molecular flexibility index (Phi) is 4.75. The fraction of sp³-hybridized carbons (Fsp3) is 0.0312. The summed E-state index contributed by atoms with van der Waals surface area (Å²) in [5.41, 5.74) is 5.81. The topological polar surface area (TPSA) is 67.8 Å². The average molecular weight is 512 g/mol. The Morgan fingerprint density at radius 1 is 0.632 bits per heavy atom. The molecular formula is C32H21N3O2S. The van der Waals surface area contributed by atoms with Crippen molar-refractivity contribution in [1.82, 2.24) is 8.54 Å². The van der Waals surface area contributed by atoms with Crippen LogP contribution in [-0.2, 0) is 10.0 Å². The van der Waals surface area contributed by atoms with Gasteiger partial charge in [0.15, 0.2) is 0 Å². The van der Waals surface area contributed by atoms with E-state index < -0.39 is 10.0 Å². The van der Waals surface area contributed by atoms with Crippen LogP contribution >= 0.6 is 0 Å². The average Bonchev–Trinajstić information content (AvgIpc) is 3.46. The molecule has 2 aromatic heterocycles. The van der Waals surface area contributed by atoms with E-state index in [0.717, 1.165) is 43.8 Å². The van der Waals surface area contributed by atoms with Gasteiger partial charge in [-0.05, 0) is 67.6 Å². The highest BCUT2D eigenvalue weighted by atomic mass is 32.2. The van der Waals surface area contributed by atoms with Crippen molar-refractivity contribution in [3.8, 4) is 11.8 Å². The molecule has 0 aliphatic rings. The van der Waals surface area contributed by atoms with Crippen molar-refractivity contribution in [2.24, 2.45) is 0 Å². The van der Waals surface area contributed by atoms with E-state index in [1.807, 2.05) is 85.8 Å². The lowest BCUT2D eigenvalue weighted by Crippen LogP contribution is -2.12. The van der Waals surface area contributed by atoms with Gasteiger partial charge in [0.1, 0.15) is 0 Å². The molecule has 0 aliphatic heterocycles. The molecule has 0 aliphatic carbocycles.